The van der Waals surface area contributed by atoms with E-state index in [0.717, 1.165) is 41.7 Å². The fourth-order valence-corrected chi connectivity index (χ4v) is 4.71. The Bertz CT molecular complexity index is 1010. The van der Waals surface area contributed by atoms with Crippen LogP contribution in [0.15, 0.2) is 45.5 Å². The van der Waals surface area contributed by atoms with Crippen molar-refractivity contribution in [1.82, 2.24) is 9.97 Å². The Hall–Kier alpha value is -2.34. The molecule has 0 bridgehead atoms. The van der Waals surface area contributed by atoms with Gasteiger partial charge in [0.05, 0.1) is 5.56 Å². The van der Waals surface area contributed by atoms with Gasteiger partial charge >= 0.3 is 0 Å². The summed E-state index contributed by atoms with van der Waals surface area (Å²) in [5.74, 6) is 0.356. The van der Waals surface area contributed by atoms with Crippen LogP contribution in [0.25, 0.3) is 0 Å². The topological polar surface area (TPSA) is 74.8 Å². The van der Waals surface area contributed by atoms with Crippen molar-refractivity contribution in [3.8, 4) is 0 Å². The molecule has 6 heteroatoms. The molecule has 0 radical (unpaired) electrons. The molecule has 1 aromatic heterocycles. The number of aromatic amines is 1. The number of rotatable bonds is 4. The molecule has 1 aliphatic heterocycles. The van der Waals surface area contributed by atoms with Crippen LogP contribution in [0.1, 0.15) is 62.1 Å². The summed E-state index contributed by atoms with van der Waals surface area (Å²) in [7, 11) is 0. The Morgan fingerprint density at radius 1 is 1.21 bits per heavy atom. The number of allylic oxidation sites excluding steroid dienone is 2. The molecule has 1 aliphatic carbocycles. The Morgan fingerprint density at radius 3 is 2.68 bits per heavy atom. The highest BCUT2D eigenvalue weighted by Crippen LogP contribution is 2.43. The van der Waals surface area contributed by atoms with E-state index in [2.05, 4.69) is 24.1 Å². The zero-order valence-electron chi connectivity index (χ0n) is 16.5. The SMILES string of the molecule is CC[C@H](C)Sc1nc2c(c(=O)[nH]1)[C@H](c1ccc(C)cc1)C1=C(CCCC1=O)N2. The number of thioether (sulfide) groups is 1. The highest BCUT2D eigenvalue weighted by molar-refractivity contribution is 7.99. The van der Waals surface area contributed by atoms with Gasteiger partial charge in [-0.05, 0) is 31.7 Å². The maximum atomic E-state index is 13.1. The number of anilines is 1. The van der Waals surface area contributed by atoms with Crippen molar-refractivity contribution >= 4 is 23.4 Å². The summed E-state index contributed by atoms with van der Waals surface area (Å²) in [5.41, 5.74) is 4.15. The van der Waals surface area contributed by atoms with Gasteiger partial charge in [0.2, 0.25) is 0 Å². The first-order valence-corrected chi connectivity index (χ1v) is 10.8. The summed E-state index contributed by atoms with van der Waals surface area (Å²) < 4.78 is 0. The van der Waals surface area contributed by atoms with E-state index in [1.165, 1.54) is 0 Å². The molecule has 28 heavy (non-hydrogen) atoms. The van der Waals surface area contributed by atoms with Crippen molar-refractivity contribution in [2.24, 2.45) is 0 Å². The number of H-pyrrole nitrogens is 1. The summed E-state index contributed by atoms with van der Waals surface area (Å²) in [6.07, 6.45) is 3.17. The lowest BCUT2D eigenvalue weighted by Gasteiger charge is -2.32. The molecule has 5 nitrogen and oxygen atoms in total. The van der Waals surface area contributed by atoms with Crippen LogP contribution >= 0.6 is 11.8 Å². The van der Waals surface area contributed by atoms with Gasteiger partial charge in [-0.15, -0.1) is 0 Å². The van der Waals surface area contributed by atoms with Crippen LogP contribution in [0.4, 0.5) is 5.82 Å². The minimum Gasteiger partial charge on any atom is -0.343 e. The second kappa shape index (κ2) is 7.59. The third-order valence-electron chi connectivity index (χ3n) is 5.53. The standard InChI is InChI=1S/C22H25N3O2S/c1-4-13(3)28-22-24-20-19(21(27)25-22)17(14-10-8-12(2)9-11-14)18-15(23-20)6-5-7-16(18)26/h8-11,13,17H,4-7H2,1-3H3,(H2,23,24,25,27)/t13-,17+/m0/s1. The highest BCUT2D eigenvalue weighted by atomic mass is 32.2. The smallest absolute Gasteiger partial charge is 0.257 e. The molecule has 2 N–H and O–H groups in total. The zero-order chi connectivity index (χ0) is 19.8. The first-order valence-electron chi connectivity index (χ1n) is 9.88. The number of hydrogen-bond acceptors (Lipinski definition) is 5. The Kier molecular flexibility index (Phi) is 5.15. The van der Waals surface area contributed by atoms with Crippen LogP contribution < -0.4 is 10.9 Å². The molecule has 4 rings (SSSR count). The van der Waals surface area contributed by atoms with Crippen LogP contribution in [0, 0.1) is 6.92 Å². The van der Waals surface area contributed by atoms with Gasteiger partial charge in [0.25, 0.3) is 5.56 Å². The Balaban J connectivity index is 1.88. The number of aromatic nitrogens is 2. The summed E-state index contributed by atoms with van der Waals surface area (Å²) in [6, 6.07) is 8.09. The molecule has 0 amide bonds. The molecule has 0 saturated heterocycles. The van der Waals surface area contributed by atoms with E-state index < -0.39 is 0 Å². The van der Waals surface area contributed by atoms with Crippen LogP contribution in [0.3, 0.4) is 0 Å². The van der Waals surface area contributed by atoms with E-state index in [0.29, 0.717) is 28.2 Å². The number of carbonyl (C=O) groups excluding carboxylic acids is 1. The van der Waals surface area contributed by atoms with Crippen molar-refractivity contribution in [3.05, 3.63) is 62.6 Å². The number of hydrogen-bond donors (Lipinski definition) is 2. The van der Waals surface area contributed by atoms with Crippen LogP contribution in [0.5, 0.6) is 0 Å². The maximum Gasteiger partial charge on any atom is 0.257 e. The number of Topliss-reactive ketones (excluding diaryl/α,β-unsaturated/α-hetero) is 1. The van der Waals surface area contributed by atoms with E-state index in [4.69, 9.17) is 4.98 Å². The van der Waals surface area contributed by atoms with Gasteiger partial charge in [-0.2, -0.15) is 0 Å². The quantitative estimate of drug-likeness (QED) is 0.587. The molecular weight excluding hydrogens is 370 g/mol. The molecule has 0 fully saturated rings. The molecule has 2 atom stereocenters. The number of nitrogens with one attached hydrogen (secondary N) is 2. The van der Waals surface area contributed by atoms with Crippen LogP contribution in [-0.2, 0) is 4.79 Å². The predicted octanol–water partition coefficient (Wildman–Crippen LogP) is 4.53. The second-order valence-electron chi connectivity index (χ2n) is 7.61. The molecule has 0 spiro atoms. The lowest BCUT2D eigenvalue weighted by Crippen LogP contribution is -2.32. The summed E-state index contributed by atoms with van der Waals surface area (Å²) >= 11 is 1.57. The first kappa shape index (κ1) is 19.0. The van der Waals surface area contributed by atoms with Gasteiger partial charge in [-0.3, -0.25) is 9.59 Å². The van der Waals surface area contributed by atoms with Crippen molar-refractivity contribution in [2.75, 3.05) is 5.32 Å². The number of nitrogens with zero attached hydrogens (tertiary/aromatic N) is 1. The average Bonchev–Trinajstić information content (AvgIpc) is 2.67. The van der Waals surface area contributed by atoms with E-state index >= 15 is 0 Å². The number of ketones is 1. The minimum atomic E-state index is -0.362. The average molecular weight is 396 g/mol. The monoisotopic (exact) mass is 395 g/mol. The highest BCUT2D eigenvalue weighted by Gasteiger charge is 2.37. The number of benzene rings is 1. The third kappa shape index (κ3) is 3.41. The van der Waals surface area contributed by atoms with Crippen molar-refractivity contribution in [2.45, 2.75) is 62.8 Å². The van der Waals surface area contributed by atoms with Crippen molar-refractivity contribution in [3.63, 3.8) is 0 Å². The fourth-order valence-electron chi connectivity index (χ4n) is 3.86. The molecule has 2 aromatic rings. The minimum absolute atomic E-state index is 0.127. The second-order valence-corrected chi connectivity index (χ2v) is 9.03. The fraction of sp³-hybridized carbons (Fsp3) is 0.409. The zero-order valence-corrected chi connectivity index (χ0v) is 17.3. The first-order chi connectivity index (χ1) is 13.5. The molecule has 2 aliphatic rings. The van der Waals surface area contributed by atoms with Gasteiger partial charge in [0.1, 0.15) is 5.82 Å². The lowest BCUT2D eigenvalue weighted by atomic mass is 9.76. The van der Waals surface area contributed by atoms with E-state index in [1.807, 2.05) is 31.2 Å². The molecule has 0 unspecified atom stereocenters. The molecule has 1 aromatic carbocycles. The van der Waals surface area contributed by atoms with Crippen LogP contribution in [0.2, 0.25) is 0 Å². The van der Waals surface area contributed by atoms with Gasteiger partial charge < -0.3 is 10.3 Å². The molecule has 2 heterocycles. The van der Waals surface area contributed by atoms with E-state index in [-0.39, 0.29) is 17.3 Å². The molecular formula is C22H25N3O2S. The van der Waals surface area contributed by atoms with Crippen molar-refractivity contribution < 1.29 is 4.79 Å². The number of aryl methyl sites for hydroxylation is 1. The predicted molar refractivity (Wildman–Crippen MR) is 113 cm³/mol. The van der Waals surface area contributed by atoms with E-state index in [9.17, 15) is 9.59 Å². The third-order valence-corrected chi connectivity index (χ3v) is 6.69. The van der Waals surface area contributed by atoms with Crippen LogP contribution in [-0.4, -0.2) is 21.0 Å². The van der Waals surface area contributed by atoms with Gasteiger partial charge in [0, 0.05) is 28.9 Å². The van der Waals surface area contributed by atoms with E-state index in [1.54, 1.807) is 11.8 Å². The van der Waals surface area contributed by atoms with Gasteiger partial charge in [0.15, 0.2) is 10.9 Å². The van der Waals surface area contributed by atoms with Crippen molar-refractivity contribution in [1.29, 1.82) is 0 Å². The summed E-state index contributed by atoms with van der Waals surface area (Å²) in [4.78, 5) is 33.6. The molecule has 0 saturated carbocycles. The lowest BCUT2D eigenvalue weighted by molar-refractivity contribution is -0.116. The number of fused-ring (bicyclic) bond motifs is 1. The summed E-state index contributed by atoms with van der Waals surface area (Å²) in [5, 5.41) is 4.32. The Labute approximate surface area is 169 Å². The number of carbonyl (C=O) groups is 1. The Morgan fingerprint density at radius 2 is 1.96 bits per heavy atom. The normalized spacial score (nSPS) is 19.7. The molecule has 146 valence electrons. The summed E-state index contributed by atoms with van der Waals surface area (Å²) in [6.45, 7) is 6.26. The van der Waals surface area contributed by atoms with Gasteiger partial charge in [-0.25, -0.2) is 4.98 Å². The van der Waals surface area contributed by atoms with Gasteiger partial charge in [-0.1, -0.05) is 55.4 Å². The maximum absolute atomic E-state index is 13.1. The largest absolute Gasteiger partial charge is 0.343 e.